The lowest BCUT2D eigenvalue weighted by atomic mass is 10.0. The van der Waals surface area contributed by atoms with E-state index < -0.39 is 10.9 Å². The largest absolute Gasteiger partial charge is 0.311 e. The normalized spacial score (nSPS) is 25.8. The van der Waals surface area contributed by atoms with Crippen LogP contribution in [0, 0.1) is 5.82 Å². The van der Waals surface area contributed by atoms with E-state index in [2.05, 4.69) is 5.43 Å². The molecule has 0 spiro atoms. The molecule has 2 amide bonds. The Bertz CT molecular complexity index is 778. The zero-order valence-electron chi connectivity index (χ0n) is 12.8. The Morgan fingerprint density at radius 2 is 1.96 bits per heavy atom. The molecule has 1 aromatic carbocycles. The van der Waals surface area contributed by atoms with Crippen molar-refractivity contribution >= 4 is 23.6 Å². The molecule has 1 N–H and O–H groups in total. The number of hydrogen-bond acceptors (Lipinski definition) is 3. The number of amides is 2. The quantitative estimate of drug-likeness (QED) is 0.929. The Labute approximate surface area is 142 Å². The van der Waals surface area contributed by atoms with Gasteiger partial charge in [0.15, 0.2) is 0 Å². The third-order valence-corrected chi connectivity index (χ3v) is 6.17. The fourth-order valence-corrected chi connectivity index (χ4v) is 5.11. The Morgan fingerprint density at radius 3 is 2.67 bits per heavy atom. The summed E-state index contributed by atoms with van der Waals surface area (Å²) in [6.45, 7) is 0. The summed E-state index contributed by atoms with van der Waals surface area (Å²) >= 11 is 1.58. The second-order valence-corrected chi connectivity index (χ2v) is 7.25. The van der Waals surface area contributed by atoms with E-state index in [1.807, 2.05) is 12.1 Å². The van der Waals surface area contributed by atoms with E-state index in [0.29, 0.717) is 18.6 Å². The number of aromatic nitrogens is 1. The van der Waals surface area contributed by atoms with Gasteiger partial charge in [0.05, 0.1) is 0 Å². The number of carbonyl (C=O) groups is 2. The molecule has 2 aromatic rings. The molecule has 3 heterocycles. The Morgan fingerprint density at radius 1 is 1.25 bits per heavy atom. The number of fused-ring (bicyclic) bond motifs is 1. The van der Waals surface area contributed by atoms with Gasteiger partial charge in [0.25, 0.3) is 5.91 Å². The zero-order valence-corrected chi connectivity index (χ0v) is 13.6. The molecule has 0 saturated carbocycles. The van der Waals surface area contributed by atoms with Crippen LogP contribution >= 0.6 is 11.8 Å². The molecule has 2 saturated heterocycles. The first-order chi connectivity index (χ1) is 11.6. The fourth-order valence-electron chi connectivity index (χ4n) is 3.46. The number of benzene rings is 1. The van der Waals surface area contributed by atoms with Gasteiger partial charge in [-0.3, -0.25) is 19.7 Å². The average molecular weight is 345 g/mol. The number of halogens is 1. The molecule has 124 valence electrons. The van der Waals surface area contributed by atoms with Crippen LogP contribution in [0.1, 0.15) is 18.4 Å². The number of nitrogens with one attached hydrogen (secondary N) is 1. The van der Waals surface area contributed by atoms with E-state index >= 15 is 0 Å². The van der Waals surface area contributed by atoms with Crippen LogP contribution in [0.2, 0.25) is 0 Å². The molecule has 4 rings (SSSR count). The molecule has 0 radical (unpaired) electrons. The standard InChI is InChI=1S/C17H16FN3O2S/c18-13-5-3-12(4-6-13)17-8-7-15(22)21(17)14(11-24-17)16(23)19-20-9-1-2-10-20/h1-6,9-10,14H,7-8,11H2,(H,19,23)/t14-,17-/m0/s1. The van der Waals surface area contributed by atoms with Crippen LogP contribution in [0.15, 0.2) is 48.8 Å². The van der Waals surface area contributed by atoms with Crippen LogP contribution in [-0.4, -0.2) is 33.2 Å². The Kier molecular flexibility index (Phi) is 3.60. The van der Waals surface area contributed by atoms with Crippen molar-refractivity contribution in [3.8, 4) is 0 Å². The van der Waals surface area contributed by atoms with Gasteiger partial charge in [0.1, 0.15) is 16.7 Å². The first kappa shape index (κ1) is 15.3. The summed E-state index contributed by atoms with van der Waals surface area (Å²) < 4.78 is 14.8. The monoisotopic (exact) mass is 345 g/mol. The molecule has 1 aromatic heterocycles. The van der Waals surface area contributed by atoms with Crippen LogP contribution in [0.5, 0.6) is 0 Å². The van der Waals surface area contributed by atoms with Crippen LogP contribution in [0.3, 0.4) is 0 Å². The Balaban J connectivity index is 1.64. The molecule has 7 heteroatoms. The third kappa shape index (κ3) is 2.31. The number of hydrogen-bond donors (Lipinski definition) is 1. The molecule has 2 fully saturated rings. The second-order valence-electron chi connectivity index (χ2n) is 5.95. The molecule has 2 aliphatic heterocycles. The molecule has 0 bridgehead atoms. The zero-order chi connectivity index (χ0) is 16.7. The van der Waals surface area contributed by atoms with Crippen molar-refractivity contribution in [1.82, 2.24) is 9.58 Å². The summed E-state index contributed by atoms with van der Waals surface area (Å²) in [7, 11) is 0. The van der Waals surface area contributed by atoms with Crippen molar-refractivity contribution in [2.24, 2.45) is 0 Å². The van der Waals surface area contributed by atoms with Crippen LogP contribution in [0.4, 0.5) is 4.39 Å². The highest BCUT2D eigenvalue weighted by molar-refractivity contribution is 8.00. The van der Waals surface area contributed by atoms with Crippen LogP contribution in [-0.2, 0) is 14.5 Å². The maximum atomic E-state index is 13.3. The van der Waals surface area contributed by atoms with Gasteiger partial charge in [-0.15, -0.1) is 11.8 Å². The number of carbonyl (C=O) groups excluding carboxylic acids is 2. The third-order valence-electron chi connectivity index (χ3n) is 4.57. The van der Waals surface area contributed by atoms with Crippen molar-refractivity contribution in [3.63, 3.8) is 0 Å². The number of thioether (sulfide) groups is 1. The summed E-state index contributed by atoms with van der Waals surface area (Å²) in [4.78, 5) is 26.2. The molecular formula is C17H16FN3O2S. The van der Waals surface area contributed by atoms with E-state index in [4.69, 9.17) is 0 Å². The molecule has 5 nitrogen and oxygen atoms in total. The summed E-state index contributed by atoms with van der Waals surface area (Å²) in [6, 6.07) is 9.32. The van der Waals surface area contributed by atoms with E-state index in [0.717, 1.165) is 5.56 Å². The minimum atomic E-state index is -0.566. The molecular weight excluding hydrogens is 329 g/mol. The predicted molar refractivity (Wildman–Crippen MR) is 89.2 cm³/mol. The molecule has 2 atom stereocenters. The highest BCUT2D eigenvalue weighted by atomic mass is 32.2. The molecule has 0 unspecified atom stereocenters. The minimum absolute atomic E-state index is 0.0306. The smallest absolute Gasteiger partial charge is 0.262 e. The van der Waals surface area contributed by atoms with Crippen LogP contribution < -0.4 is 5.43 Å². The number of rotatable bonds is 3. The lowest BCUT2D eigenvalue weighted by Crippen LogP contribution is -2.49. The van der Waals surface area contributed by atoms with Crippen molar-refractivity contribution in [1.29, 1.82) is 0 Å². The maximum absolute atomic E-state index is 13.3. The topological polar surface area (TPSA) is 54.3 Å². The highest BCUT2D eigenvalue weighted by Gasteiger charge is 2.56. The molecule has 2 aliphatic rings. The van der Waals surface area contributed by atoms with Gasteiger partial charge in [0, 0.05) is 24.6 Å². The fraction of sp³-hybridized carbons (Fsp3) is 0.294. The van der Waals surface area contributed by atoms with E-state index in [1.54, 1.807) is 45.9 Å². The SMILES string of the molecule is O=C(Nn1cccc1)[C@@H]1CS[C@]2(c3ccc(F)cc3)CCC(=O)N12. The Hall–Kier alpha value is -2.28. The summed E-state index contributed by atoms with van der Waals surface area (Å²) in [5, 5.41) is 0. The number of nitrogens with zero attached hydrogens (tertiary/aromatic N) is 2. The highest BCUT2D eigenvalue weighted by Crippen LogP contribution is 2.54. The molecule has 0 aliphatic carbocycles. The second kappa shape index (κ2) is 5.66. The van der Waals surface area contributed by atoms with Crippen molar-refractivity contribution < 1.29 is 14.0 Å². The first-order valence-electron chi connectivity index (χ1n) is 7.76. The van der Waals surface area contributed by atoms with Gasteiger partial charge < -0.3 is 4.90 Å². The van der Waals surface area contributed by atoms with E-state index in [-0.39, 0.29) is 17.6 Å². The maximum Gasteiger partial charge on any atom is 0.262 e. The van der Waals surface area contributed by atoms with Crippen molar-refractivity contribution in [2.45, 2.75) is 23.8 Å². The summed E-state index contributed by atoms with van der Waals surface area (Å²) in [5.74, 6) is -0.0261. The van der Waals surface area contributed by atoms with Gasteiger partial charge in [-0.2, -0.15) is 0 Å². The van der Waals surface area contributed by atoms with Gasteiger partial charge in [-0.05, 0) is 36.2 Å². The van der Waals surface area contributed by atoms with Crippen molar-refractivity contribution in [3.05, 3.63) is 60.2 Å². The van der Waals surface area contributed by atoms with Gasteiger partial charge in [-0.25, -0.2) is 4.39 Å². The van der Waals surface area contributed by atoms with E-state index in [9.17, 15) is 14.0 Å². The predicted octanol–water partition coefficient (Wildman–Crippen LogP) is 2.29. The van der Waals surface area contributed by atoms with Gasteiger partial charge in [-0.1, -0.05) is 12.1 Å². The lowest BCUT2D eigenvalue weighted by molar-refractivity contribution is -0.136. The van der Waals surface area contributed by atoms with Gasteiger partial charge in [0.2, 0.25) is 5.91 Å². The average Bonchev–Trinajstić information content (AvgIpc) is 3.27. The summed E-state index contributed by atoms with van der Waals surface area (Å²) in [6.07, 6.45) is 4.51. The van der Waals surface area contributed by atoms with Crippen molar-refractivity contribution in [2.75, 3.05) is 11.2 Å². The molecule has 24 heavy (non-hydrogen) atoms. The minimum Gasteiger partial charge on any atom is -0.311 e. The van der Waals surface area contributed by atoms with E-state index in [1.165, 1.54) is 12.1 Å². The lowest BCUT2D eigenvalue weighted by Gasteiger charge is -2.34. The first-order valence-corrected chi connectivity index (χ1v) is 8.75. The van der Waals surface area contributed by atoms with Crippen LogP contribution in [0.25, 0.3) is 0 Å². The van der Waals surface area contributed by atoms with Gasteiger partial charge >= 0.3 is 0 Å². The summed E-state index contributed by atoms with van der Waals surface area (Å²) in [5.41, 5.74) is 3.66.